The lowest BCUT2D eigenvalue weighted by Crippen LogP contribution is -2.40. The summed E-state index contributed by atoms with van der Waals surface area (Å²) in [5, 5.41) is 3.32. The van der Waals surface area contributed by atoms with Crippen molar-refractivity contribution in [2.75, 3.05) is 0 Å². The topological polar surface area (TPSA) is 49.4 Å². The molecule has 0 aromatic heterocycles. The molecule has 2 aliphatic rings. The maximum absolute atomic E-state index is 12.3. The predicted molar refractivity (Wildman–Crippen MR) is 76.0 cm³/mol. The molecule has 0 bridgehead atoms. The van der Waals surface area contributed by atoms with E-state index < -0.39 is 0 Å². The summed E-state index contributed by atoms with van der Waals surface area (Å²) in [6.45, 7) is 4.10. The molecule has 1 N–H and O–H groups in total. The van der Waals surface area contributed by atoms with Gasteiger partial charge in [-0.25, -0.2) is 0 Å². The number of nitrogens with zero attached hydrogens (tertiary/aromatic N) is 1. The molecule has 2 fully saturated rings. The molecule has 2 atom stereocenters. The zero-order valence-corrected chi connectivity index (χ0v) is 11.9. The number of likely N-dealkylation sites (tertiary alicyclic amines) is 1. The van der Waals surface area contributed by atoms with Crippen LogP contribution >= 0.6 is 0 Å². The van der Waals surface area contributed by atoms with Gasteiger partial charge in [-0.3, -0.25) is 19.8 Å². The van der Waals surface area contributed by atoms with Crippen LogP contribution in [-0.2, 0) is 9.59 Å². The predicted octanol–water partition coefficient (Wildman–Crippen LogP) is 1.94. The zero-order chi connectivity index (χ0) is 14.3. The lowest BCUT2D eigenvalue weighted by Gasteiger charge is -2.20. The van der Waals surface area contributed by atoms with E-state index in [1.165, 1.54) is 16.0 Å². The van der Waals surface area contributed by atoms with Crippen LogP contribution in [0.1, 0.15) is 43.4 Å². The molecule has 1 heterocycles. The molecule has 0 spiro atoms. The summed E-state index contributed by atoms with van der Waals surface area (Å²) in [5.74, 6) is -0.0649. The quantitative estimate of drug-likeness (QED) is 0.852. The smallest absolute Gasteiger partial charge is 0.247 e. The third-order valence-electron chi connectivity index (χ3n) is 4.20. The Morgan fingerprint density at radius 1 is 1.25 bits per heavy atom. The minimum Gasteiger partial charge on any atom is -0.299 e. The van der Waals surface area contributed by atoms with Crippen LogP contribution in [0.15, 0.2) is 24.3 Å². The SMILES string of the molecule is Cc1ccccc1C(C)NC1CC(=O)N(C2CC2)C1=O. The molecule has 4 nitrogen and oxygen atoms in total. The van der Waals surface area contributed by atoms with Gasteiger partial charge < -0.3 is 0 Å². The Morgan fingerprint density at radius 2 is 1.95 bits per heavy atom. The summed E-state index contributed by atoms with van der Waals surface area (Å²) >= 11 is 0. The number of carbonyl (C=O) groups excluding carboxylic acids is 2. The molecule has 20 heavy (non-hydrogen) atoms. The van der Waals surface area contributed by atoms with Gasteiger partial charge in [-0.1, -0.05) is 24.3 Å². The first-order chi connectivity index (χ1) is 9.58. The second-order valence-electron chi connectivity index (χ2n) is 5.83. The Bertz CT molecular complexity index is 551. The normalized spacial score (nSPS) is 24.3. The molecule has 1 saturated carbocycles. The van der Waals surface area contributed by atoms with Crippen molar-refractivity contribution in [1.82, 2.24) is 10.2 Å². The van der Waals surface area contributed by atoms with Crippen LogP contribution in [0.2, 0.25) is 0 Å². The average molecular weight is 272 g/mol. The monoisotopic (exact) mass is 272 g/mol. The Morgan fingerprint density at radius 3 is 2.60 bits per heavy atom. The molecule has 1 aromatic rings. The molecule has 1 aliphatic carbocycles. The number of imide groups is 1. The molecule has 106 valence electrons. The molecule has 1 aliphatic heterocycles. The molecule has 0 radical (unpaired) electrons. The third kappa shape index (κ3) is 2.36. The van der Waals surface area contributed by atoms with Gasteiger partial charge in [-0.05, 0) is 37.8 Å². The highest BCUT2D eigenvalue weighted by molar-refractivity contribution is 6.06. The lowest BCUT2D eigenvalue weighted by molar-refractivity contribution is -0.139. The van der Waals surface area contributed by atoms with Gasteiger partial charge in [0.2, 0.25) is 11.8 Å². The number of carbonyl (C=O) groups is 2. The summed E-state index contributed by atoms with van der Waals surface area (Å²) in [6.07, 6.45) is 2.24. The van der Waals surface area contributed by atoms with E-state index in [2.05, 4.69) is 24.4 Å². The van der Waals surface area contributed by atoms with Crippen molar-refractivity contribution in [3.8, 4) is 0 Å². The Balaban J connectivity index is 1.70. The Labute approximate surface area is 119 Å². The van der Waals surface area contributed by atoms with Crippen molar-refractivity contribution in [2.45, 2.75) is 51.2 Å². The molecular formula is C16H20N2O2. The summed E-state index contributed by atoms with van der Waals surface area (Å²) in [5.41, 5.74) is 2.38. The molecule has 2 unspecified atom stereocenters. The van der Waals surface area contributed by atoms with E-state index in [-0.39, 0.29) is 29.9 Å². The lowest BCUT2D eigenvalue weighted by atomic mass is 10.0. The largest absolute Gasteiger partial charge is 0.299 e. The molecule has 3 rings (SSSR count). The van der Waals surface area contributed by atoms with Crippen LogP contribution in [0.3, 0.4) is 0 Å². The highest BCUT2D eigenvalue weighted by atomic mass is 16.2. The van der Waals surface area contributed by atoms with E-state index in [4.69, 9.17) is 0 Å². The van der Waals surface area contributed by atoms with Gasteiger partial charge in [0.1, 0.15) is 0 Å². The third-order valence-corrected chi connectivity index (χ3v) is 4.20. The van der Waals surface area contributed by atoms with Gasteiger partial charge in [0.15, 0.2) is 0 Å². The van der Waals surface area contributed by atoms with Crippen molar-refractivity contribution >= 4 is 11.8 Å². The second kappa shape index (κ2) is 5.02. The minimum absolute atomic E-state index is 0.0213. The van der Waals surface area contributed by atoms with Crippen molar-refractivity contribution in [3.63, 3.8) is 0 Å². The van der Waals surface area contributed by atoms with Crippen LogP contribution in [0.25, 0.3) is 0 Å². The molecule has 4 heteroatoms. The van der Waals surface area contributed by atoms with Crippen LogP contribution < -0.4 is 5.32 Å². The number of hydrogen-bond donors (Lipinski definition) is 1. The molecular weight excluding hydrogens is 252 g/mol. The fourth-order valence-electron chi connectivity index (χ4n) is 2.96. The summed E-state index contributed by atoms with van der Waals surface area (Å²) < 4.78 is 0. The standard InChI is InChI=1S/C16H20N2O2/c1-10-5-3-4-6-13(10)11(2)17-14-9-15(19)18(16(14)20)12-7-8-12/h3-6,11-12,14,17H,7-9H2,1-2H3. The number of rotatable bonds is 4. The number of hydrogen-bond acceptors (Lipinski definition) is 3. The number of amides is 2. The Kier molecular flexibility index (Phi) is 3.34. The highest BCUT2D eigenvalue weighted by Gasteiger charge is 2.46. The van der Waals surface area contributed by atoms with Crippen molar-refractivity contribution in [2.24, 2.45) is 0 Å². The van der Waals surface area contributed by atoms with E-state index in [1.807, 2.05) is 19.1 Å². The van der Waals surface area contributed by atoms with Gasteiger partial charge in [-0.2, -0.15) is 0 Å². The van der Waals surface area contributed by atoms with Gasteiger partial charge in [-0.15, -0.1) is 0 Å². The van der Waals surface area contributed by atoms with Gasteiger partial charge >= 0.3 is 0 Å². The van der Waals surface area contributed by atoms with Crippen molar-refractivity contribution < 1.29 is 9.59 Å². The van der Waals surface area contributed by atoms with Gasteiger partial charge in [0, 0.05) is 12.1 Å². The number of nitrogens with one attached hydrogen (secondary N) is 1. The van der Waals surface area contributed by atoms with Gasteiger partial charge in [0.25, 0.3) is 0 Å². The summed E-state index contributed by atoms with van der Waals surface area (Å²) in [6, 6.07) is 8.01. The summed E-state index contributed by atoms with van der Waals surface area (Å²) in [4.78, 5) is 25.7. The van der Waals surface area contributed by atoms with E-state index in [0.717, 1.165) is 12.8 Å². The van der Waals surface area contributed by atoms with Crippen LogP contribution in [-0.4, -0.2) is 28.8 Å². The van der Waals surface area contributed by atoms with E-state index in [1.54, 1.807) is 0 Å². The Hall–Kier alpha value is -1.68. The first-order valence-electron chi connectivity index (χ1n) is 7.25. The maximum atomic E-state index is 12.3. The zero-order valence-electron chi connectivity index (χ0n) is 11.9. The molecule has 1 aromatic carbocycles. The number of aryl methyl sites for hydroxylation is 1. The first kappa shape index (κ1) is 13.3. The average Bonchev–Trinajstić information content (AvgIpc) is 3.19. The fourth-order valence-corrected chi connectivity index (χ4v) is 2.96. The van der Waals surface area contributed by atoms with Crippen LogP contribution in [0, 0.1) is 6.92 Å². The number of benzene rings is 1. The maximum Gasteiger partial charge on any atom is 0.247 e. The second-order valence-corrected chi connectivity index (χ2v) is 5.83. The fraction of sp³-hybridized carbons (Fsp3) is 0.500. The molecule has 1 saturated heterocycles. The highest BCUT2D eigenvalue weighted by Crippen LogP contribution is 2.32. The van der Waals surface area contributed by atoms with Crippen LogP contribution in [0.5, 0.6) is 0 Å². The molecule has 2 amide bonds. The van der Waals surface area contributed by atoms with E-state index in [9.17, 15) is 9.59 Å². The first-order valence-corrected chi connectivity index (χ1v) is 7.25. The van der Waals surface area contributed by atoms with Gasteiger partial charge in [0.05, 0.1) is 12.5 Å². The minimum atomic E-state index is -0.363. The van der Waals surface area contributed by atoms with E-state index in [0.29, 0.717) is 6.42 Å². The van der Waals surface area contributed by atoms with Crippen molar-refractivity contribution in [3.05, 3.63) is 35.4 Å². The van der Waals surface area contributed by atoms with Crippen molar-refractivity contribution in [1.29, 1.82) is 0 Å². The summed E-state index contributed by atoms with van der Waals surface area (Å²) in [7, 11) is 0. The van der Waals surface area contributed by atoms with Crippen LogP contribution in [0.4, 0.5) is 0 Å². The van der Waals surface area contributed by atoms with E-state index >= 15 is 0 Å².